The van der Waals surface area contributed by atoms with Gasteiger partial charge in [-0.05, 0) is 37.8 Å². The smallest absolute Gasteiger partial charge is 0.140 e. The molecule has 1 aromatic heterocycles. The summed E-state index contributed by atoms with van der Waals surface area (Å²) in [6, 6.07) is 6.65. The standard InChI is InChI=1S/C13H15N3O/c14-7-9-1-2-12(8-15-9)16-10-3-4-11(16)6-13(17)5-10/h1-2,8,10-11,13,17H,3-6H2/t10-,11+,13?. The van der Waals surface area contributed by atoms with E-state index < -0.39 is 0 Å². The Kier molecular flexibility index (Phi) is 2.49. The van der Waals surface area contributed by atoms with Gasteiger partial charge in [0.2, 0.25) is 0 Å². The van der Waals surface area contributed by atoms with E-state index in [0.29, 0.717) is 17.8 Å². The van der Waals surface area contributed by atoms with Crippen molar-refractivity contribution in [3.8, 4) is 6.07 Å². The minimum Gasteiger partial charge on any atom is -0.393 e. The van der Waals surface area contributed by atoms with E-state index in [2.05, 4.69) is 9.88 Å². The van der Waals surface area contributed by atoms with Crippen LogP contribution in [0.3, 0.4) is 0 Å². The molecule has 17 heavy (non-hydrogen) atoms. The van der Waals surface area contributed by atoms with Crippen molar-refractivity contribution >= 4 is 5.69 Å². The Balaban J connectivity index is 1.87. The highest BCUT2D eigenvalue weighted by atomic mass is 16.3. The Morgan fingerprint density at radius 2 is 2.00 bits per heavy atom. The lowest BCUT2D eigenvalue weighted by Crippen LogP contribution is -2.44. The van der Waals surface area contributed by atoms with E-state index in [1.165, 1.54) is 0 Å². The van der Waals surface area contributed by atoms with Crippen molar-refractivity contribution in [1.29, 1.82) is 5.26 Å². The molecule has 3 rings (SSSR count). The van der Waals surface area contributed by atoms with Crippen LogP contribution in [0.4, 0.5) is 5.69 Å². The fourth-order valence-corrected chi connectivity index (χ4v) is 3.17. The van der Waals surface area contributed by atoms with Crippen LogP contribution < -0.4 is 4.90 Å². The quantitative estimate of drug-likeness (QED) is 0.791. The van der Waals surface area contributed by atoms with Gasteiger partial charge in [-0.15, -0.1) is 0 Å². The van der Waals surface area contributed by atoms with Gasteiger partial charge in [0.15, 0.2) is 0 Å². The predicted octanol–water partition coefficient (Wildman–Crippen LogP) is 1.45. The van der Waals surface area contributed by atoms with Crippen LogP contribution in [0.25, 0.3) is 0 Å². The maximum absolute atomic E-state index is 9.75. The lowest BCUT2D eigenvalue weighted by atomic mass is 9.99. The summed E-state index contributed by atoms with van der Waals surface area (Å²) in [6.07, 6.45) is 5.66. The Labute approximate surface area is 101 Å². The largest absolute Gasteiger partial charge is 0.393 e. The van der Waals surface area contributed by atoms with Crippen LogP contribution in [0.1, 0.15) is 31.4 Å². The molecule has 0 radical (unpaired) electrons. The van der Waals surface area contributed by atoms with Gasteiger partial charge >= 0.3 is 0 Å². The zero-order valence-corrected chi connectivity index (χ0v) is 9.58. The monoisotopic (exact) mass is 229 g/mol. The van der Waals surface area contributed by atoms with Crippen LogP contribution in [0.15, 0.2) is 18.3 Å². The zero-order chi connectivity index (χ0) is 11.8. The van der Waals surface area contributed by atoms with Crippen LogP contribution in [0.2, 0.25) is 0 Å². The van der Waals surface area contributed by atoms with Gasteiger partial charge in [0.1, 0.15) is 11.8 Å². The minimum atomic E-state index is -0.143. The molecule has 2 bridgehead atoms. The fourth-order valence-electron chi connectivity index (χ4n) is 3.17. The van der Waals surface area contributed by atoms with E-state index in [-0.39, 0.29) is 6.10 Å². The van der Waals surface area contributed by atoms with E-state index in [4.69, 9.17) is 5.26 Å². The third-order valence-corrected chi connectivity index (χ3v) is 3.87. The molecule has 0 aliphatic carbocycles. The summed E-state index contributed by atoms with van der Waals surface area (Å²) in [7, 11) is 0. The summed E-state index contributed by atoms with van der Waals surface area (Å²) in [4.78, 5) is 6.50. The van der Waals surface area contributed by atoms with Crippen LogP contribution in [-0.4, -0.2) is 28.3 Å². The highest BCUT2D eigenvalue weighted by Crippen LogP contribution is 2.38. The minimum absolute atomic E-state index is 0.143. The molecule has 0 amide bonds. The van der Waals surface area contributed by atoms with Gasteiger partial charge in [0, 0.05) is 12.1 Å². The number of piperidine rings is 1. The van der Waals surface area contributed by atoms with E-state index in [9.17, 15) is 5.11 Å². The van der Waals surface area contributed by atoms with Gasteiger partial charge in [-0.25, -0.2) is 4.98 Å². The summed E-state index contributed by atoms with van der Waals surface area (Å²) in [5.41, 5.74) is 1.54. The Morgan fingerprint density at radius 1 is 1.29 bits per heavy atom. The molecule has 4 nitrogen and oxygen atoms in total. The first-order chi connectivity index (χ1) is 8.28. The number of nitriles is 1. The number of nitrogens with zero attached hydrogens (tertiary/aromatic N) is 3. The van der Waals surface area contributed by atoms with Crippen LogP contribution >= 0.6 is 0 Å². The molecule has 2 fully saturated rings. The molecule has 2 aliphatic rings. The molecule has 88 valence electrons. The van der Waals surface area contributed by atoms with Crippen molar-refractivity contribution < 1.29 is 5.11 Å². The number of fused-ring (bicyclic) bond motifs is 2. The van der Waals surface area contributed by atoms with Crippen molar-refractivity contribution in [3.63, 3.8) is 0 Å². The maximum Gasteiger partial charge on any atom is 0.140 e. The Morgan fingerprint density at radius 3 is 2.53 bits per heavy atom. The first-order valence-corrected chi connectivity index (χ1v) is 6.10. The number of pyridine rings is 1. The predicted molar refractivity (Wildman–Crippen MR) is 63.5 cm³/mol. The molecule has 1 unspecified atom stereocenters. The molecule has 1 aromatic rings. The highest BCUT2D eigenvalue weighted by molar-refractivity contribution is 5.50. The maximum atomic E-state index is 9.75. The van der Waals surface area contributed by atoms with Gasteiger partial charge in [-0.3, -0.25) is 0 Å². The lowest BCUT2D eigenvalue weighted by Gasteiger charge is -2.38. The highest BCUT2D eigenvalue weighted by Gasteiger charge is 2.40. The number of aromatic nitrogens is 1. The van der Waals surface area contributed by atoms with Crippen molar-refractivity contribution in [2.75, 3.05) is 4.90 Å². The molecule has 2 aliphatic heterocycles. The second-order valence-corrected chi connectivity index (χ2v) is 4.93. The number of hydrogen-bond acceptors (Lipinski definition) is 4. The molecular formula is C13H15N3O. The third kappa shape index (κ3) is 1.77. The number of hydrogen-bond donors (Lipinski definition) is 1. The normalized spacial score (nSPS) is 31.3. The fraction of sp³-hybridized carbons (Fsp3) is 0.538. The second-order valence-electron chi connectivity index (χ2n) is 4.93. The third-order valence-electron chi connectivity index (χ3n) is 3.87. The van der Waals surface area contributed by atoms with Crippen molar-refractivity contribution in [2.24, 2.45) is 0 Å². The van der Waals surface area contributed by atoms with Crippen LogP contribution in [0, 0.1) is 11.3 Å². The molecule has 0 aromatic carbocycles. The summed E-state index contributed by atoms with van der Waals surface area (Å²) in [6.45, 7) is 0. The summed E-state index contributed by atoms with van der Waals surface area (Å²) in [5, 5.41) is 18.5. The van der Waals surface area contributed by atoms with Gasteiger partial charge in [-0.2, -0.15) is 5.26 Å². The van der Waals surface area contributed by atoms with Crippen molar-refractivity contribution in [1.82, 2.24) is 4.98 Å². The van der Waals surface area contributed by atoms with Crippen LogP contribution in [0.5, 0.6) is 0 Å². The molecule has 1 N–H and O–H groups in total. The van der Waals surface area contributed by atoms with E-state index >= 15 is 0 Å². The molecule has 0 spiro atoms. The van der Waals surface area contributed by atoms with E-state index in [1.807, 2.05) is 12.1 Å². The summed E-state index contributed by atoms with van der Waals surface area (Å²) in [5.74, 6) is 0. The lowest BCUT2D eigenvalue weighted by molar-refractivity contribution is 0.126. The molecule has 2 saturated heterocycles. The van der Waals surface area contributed by atoms with Crippen molar-refractivity contribution in [3.05, 3.63) is 24.0 Å². The topological polar surface area (TPSA) is 60.2 Å². The van der Waals surface area contributed by atoms with Gasteiger partial charge < -0.3 is 10.0 Å². The van der Waals surface area contributed by atoms with Gasteiger partial charge in [-0.1, -0.05) is 0 Å². The number of rotatable bonds is 1. The molecule has 3 atom stereocenters. The number of aliphatic hydroxyl groups excluding tert-OH is 1. The Hall–Kier alpha value is -1.60. The SMILES string of the molecule is N#Cc1ccc(N2[C@@H]3CC[C@H]2CC(O)C3)cn1. The average molecular weight is 229 g/mol. The summed E-state index contributed by atoms with van der Waals surface area (Å²) < 4.78 is 0. The molecule has 0 saturated carbocycles. The molecular weight excluding hydrogens is 214 g/mol. The van der Waals surface area contributed by atoms with Gasteiger partial charge in [0.25, 0.3) is 0 Å². The van der Waals surface area contributed by atoms with E-state index in [0.717, 1.165) is 31.4 Å². The van der Waals surface area contributed by atoms with E-state index in [1.54, 1.807) is 12.3 Å². The number of anilines is 1. The second kappa shape index (κ2) is 4.01. The zero-order valence-electron chi connectivity index (χ0n) is 9.58. The summed E-state index contributed by atoms with van der Waals surface area (Å²) >= 11 is 0. The average Bonchev–Trinajstić information content (AvgIpc) is 2.62. The van der Waals surface area contributed by atoms with Gasteiger partial charge in [0.05, 0.1) is 18.0 Å². The first-order valence-electron chi connectivity index (χ1n) is 6.10. The number of aliphatic hydroxyl groups is 1. The molecule has 4 heteroatoms. The van der Waals surface area contributed by atoms with Crippen molar-refractivity contribution in [2.45, 2.75) is 43.9 Å². The Bertz CT molecular complexity index is 437. The first kappa shape index (κ1) is 10.5. The van der Waals surface area contributed by atoms with Crippen LogP contribution in [-0.2, 0) is 0 Å². The molecule has 3 heterocycles.